The Hall–Kier alpha value is -0.150. The first-order chi connectivity index (χ1) is 5.17. The molecule has 1 aliphatic heterocycles. The van der Waals surface area contributed by atoms with Crippen LogP contribution in [0.25, 0.3) is 0 Å². The monoisotopic (exact) mass is 174 g/mol. The van der Waals surface area contributed by atoms with Crippen molar-refractivity contribution in [2.45, 2.75) is 6.92 Å². The van der Waals surface area contributed by atoms with Crippen molar-refractivity contribution >= 4 is 11.8 Å². The molecule has 0 bridgehead atoms. The maximum atomic E-state index is 5.48. The van der Waals surface area contributed by atoms with E-state index in [2.05, 4.69) is 26.4 Å². The minimum absolute atomic E-state index is 0.864. The zero-order chi connectivity index (χ0) is 8.32. The largest absolute Gasteiger partial charge is 0.446 e. The van der Waals surface area contributed by atoms with Gasteiger partial charge in [0, 0.05) is 0 Å². The number of quaternary nitrogens is 1. The van der Waals surface area contributed by atoms with Crippen molar-refractivity contribution in [2.75, 3.05) is 33.0 Å². The Morgan fingerprint density at radius 3 is 2.82 bits per heavy atom. The standard InChI is InChI=1S/C8H16NOS/c1-4-11-7-8-9(2,3)5-6-10-8/h7H,4-6H2,1-3H3/q+1. The van der Waals surface area contributed by atoms with Gasteiger partial charge in [-0.25, -0.2) is 0 Å². The molecule has 1 fully saturated rings. The summed E-state index contributed by atoms with van der Waals surface area (Å²) in [6.07, 6.45) is 0. The lowest BCUT2D eigenvalue weighted by Gasteiger charge is -2.20. The number of hydrogen-bond acceptors (Lipinski definition) is 2. The van der Waals surface area contributed by atoms with E-state index in [1.54, 1.807) is 11.8 Å². The number of ether oxygens (including phenoxy) is 1. The van der Waals surface area contributed by atoms with Crippen LogP contribution in [0.3, 0.4) is 0 Å². The van der Waals surface area contributed by atoms with Crippen molar-refractivity contribution in [2.24, 2.45) is 0 Å². The van der Waals surface area contributed by atoms with E-state index in [1.807, 2.05) is 0 Å². The highest BCUT2D eigenvalue weighted by Crippen LogP contribution is 2.22. The summed E-state index contributed by atoms with van der Waals surface area (Å²) in [5.74, 6) is 2.23. The van der Waals surface area contributed by atoms with Crippen LogP contribution in [-0.2, 0) is 4.74 Å². The van der Waals surface area contributed by atoms with Crippen LogP contribution in [0.1, 0.15) is 6.92 Å². The molecule has 0 amide bonds. The number of rotatable bonds is 2. The molecule has 0 spiro atoms. The van der Waals surface area contributed by atoms with Crippen molar-refractivity contribution in [1.29, 1.82) is 0 Å². The van der Waals surface area contributed by atoms with E-state index in [4.69, 9.17) is 4.74 Å². The third kappa shape index (κ3) is 2.14. The summed E-state index contributed by atoms with van der Waals surface area (Å²) in [5, 5.41) is 2.13. The number of likely N-dealkylation sites (N-methyl/N-ethyl adjacent to an activating group) is 1. The number of hydrogen-bond donors (Lipinski definition) is 0. The average Bonchev–Trinajstić information content (AvgIpc) is 2.25. The summed E-state index contributed by atoms with van der Waals surface area (Å²) >= 11 is 1.80. The Morgan fingerprint density at radius 1 is 1.64 bits per heavy atom. The van der Waals surface area contributed by atoms with Crippen molar-refractivity contribution in [1.82, 2.24) is 0 Å². The SMILES string of the molecule is CCSC=C1OCC[N+]1(C)C. The molecule has 1 saturated heterocycles. The van der Waals surface area contributed by atoms with Crippen LogP contribution < -0.4 is 0 Å². The van der Waals surface area contributed by atoms with E-state index in [9.17, 15) is 0 Å². The van der Waals surface area contributed by atoms with Gasteiger partial charge in [0.15, 0.2) is 0 Å². The van der Waals surface area contributed by atoms with Gasteiger partial charge in [-0.2, -0.15) is 0 Å². The zero-order valence-electron chi connectivity index (χ0n) is 7.46. The Labute approximate surface area is 72.8 Å². The lowest BCUT2D eigenvalue weighted by molar-refractivity contribution is -0.847. The molecule has 0 radical (unpaired) electrons. The lowest BCUT2D eigenvalue weighted by atomic mass is 10.5. The van der Waals surface area contributed by atoms with Crippen LogP contribution in [0.15, 0.2) is 11.3 Å². The molecule has 0 aromatic rings. The number of thioether (sulfide) groups is 1. The van der Waals surface area contributed by atoms with Crippen molar-refractivity contribution in [3.8, 4) is 0 Å². The summed E-state index contributed by atoms with van der Waals surface area (Å²) in [6, 6.07) is 0. The molecule has 3 heteroatoms. The maximum Gasteiger partial charge on any atom is 0.297 e. The van der Waals surface area contributed by atoms with Gasteiger partial charge < -0.3 is 4.74 Å². The van der Waals surface area contributed by atoms with Crippen molar-refractivity contribution in [3.05, 3.63) is 11.3 Å². The molecule has 0 N–H and O–H groups in total. The van der Waals surface area contributed by atoms with Crippen molar-refractivity contribution in [3.63, 3.8) is 0 Å². The van der Waals surface area contributed by atoms with Crippen LogP contribution in [0, 0.1) is 0 Å². The van der Waals surface area contributed by atoms with E-state index in [0.717, 1.165) is 29.3 Å². The molecule has 64 valence electrons. The first-order valence-corrected chi connectivity index (χ1v) is 5.00. The third-order valence-electron chi connectivity index (χ3n) is 1.85. The van der Waals surface area contributed by atoms with E-state index >= 15 is 0 Å². The van der Waals surface area contributed by atoms with Gasteiger partial charge in [0.05, 0.1) is 19.5 Å². The highest BCUT2D eigenvalue weighted by molar-refractivity contribution is 8.02. The molecule has 1 heterocycles. The van der Waals surface area contributed by atoms with E-state index in [1.165, 1.54) is 0 Å². The molecule has 1 rings (SSSR count). The predicted molar refractivity (Wildman–Crippen MR) is 49.1 cm³/mol. The summed E-state index contributed by atoms with van der Waals surface area (Å²) in [7, 11) is 4.35. The van der Waals surface area contributed by atoms with Gasteiger partial charge in [-0.1, -0.05) is 6.92 Å². The smallest absolute Gasteiger partial charge is 0.297 e. The lowest BCUT2D eigenvalue weighted by Crippen LogP contribution is -2.34. The fraction of sp³-hybridized carbons (Fsp3) is 0.750. The summed E-state index contributed by atoms with van der Waals surface area (Å²) in [4.78, 5) is 0. The fourth-order valence-electron chi connectivity index (χ4n) is 0.995. The average molecular weight is 174 g/mol. The van der Waals surface area contributed by atoms with Crippen LogP contribution >= 0.6 is 11.8 Å². The minimum atomic E-state index is 0.864. The highest BCUT2D eigenvalue weighted by atomic mass is 32.2. The van der Waals surface area contributed by atoms with Gasteiger partial charge in [-0.15, -0.1) is 11.8 Å². The summed E-state index contributed by atoms with van der Waals surface area (Å²) in [6.45, 7) is 4.11. The second-order valence-electron chi connectivity index (χ2n) is 3.17. The van der Waals surface area contributed by atoms with Crippen LogP contribution in [0.4, 0.5) is 0 Å². The van der Waals surface area contributed by atoms with Crippen molar-refractivity contribution < 1.29 is 9.22 Å². The van der Waals surface area contributed by atoms with Gasteiger partial charge in [0.1, 0.15) is 13.2 Å². The minimum Gasteiger partial charge on any atom is -0.446 e. The van der Waals surface area contributed by atoms with Gasteiger partial charge in [-0.3, -0.25) is 4.48 Å². The van der Waals surface area contributed by atoms with Gasteiger partial charge in [0.25, 0.3) is 5.88 Å². The van der Waals surface area contributed by atoms with Crippen LogP contribution in [-0.4, -0.2) is 37.5 Å². The molecule has 2 nitrogen and oxygen atoms in total. The molecule has 0 aliphatic carbocycles. The molecule has 0 aromatic carbocycles. The molecule has 0 saturated carbocycles. The molecule has 1 aliphatic rings. The van der Waals surface area contributed by atoms with E-state index in [-0.39, 0.29) is 0 Å². The second kappa shape index (κ2) is 3.50. The second-order valence-corrected chi connectivity index (χ2v) is 4.31. The molecule has 11 heavy (non-hydrogen) atoms. The normalized spacial score (nSPS) is 25.5. The molecular weight excluding hydrogens is 158 g/mol. The maximum absolute atomic E-state index is 5.48. The first-order valence-electron chi connectivity index (χ1n) is 3.95. The summed E-state index contributed by atoms with van der Waals surface area (Å²) in [5.41, 5.74) is 0. The number of nitrogens with zero attached hydrogens (tertiary/aromatic N) is 1. The van der Waals surface area contributed by atoms with E-state index in [0.29, 0.717) is 0 Å². The Bertz CT molecular complexity index is 165. The Kier molecular flexibility index (Phi) is 2.84. The van der Waals surface area contributed by atoms with Crippen LogP contribution in [0.2, 0.25) is 0 Å². The van der Waals surface area contributed by atoms with Gasteiger partial charge in [0.2, 0.25) is 0 Å². The van der Waals surface area contributed by atoms with E-state index < -0.39 is 0 Å². The summed E-state index contributed by atoms with van der Waals surface area (Å²) < 4.78 is 6.38. The Morgan fingerprint density at radius 2 is 2.36 bits per heavy atom. The third-order valence-corrected chi connectivity index (χ3v) is 2.55. The molecule has 0 unspecified atom stereocenters. The van der Waals surface area contributed by atoms with Gasteiger partial charge >= 0.3 is 0 Å². The molecule has 0 atom stereocenters. The topological polar surface area (TPSA) is 9.23 Å². The molecular formula is C8H16NOS+. The Balaban J connectivity index is 2.57. The predicted octanol–water partition coefficient (Wildman–Crippen LogP) is 1.65. The fourth-order valence-corrected chi connectivity index (χ4v) is 1.66. The van der Waals surface area contributed by atoms with Crippen LogP contribution in [0.5, 0.6) is 0 Å². The molecule has 0 aromatic heterocycles. The zero-order valence-corrected chi connectivity index (χ0v) is 8.28. The highest BCUT2D eigenvalue weighted by Gasteiger charge is 2.30. The first kappa shape index (κ1) is 8.94. The van der Waals surface area contributed by atoms with Gasteiger partial charge in [-0.05, 0) is 5.75 Å². The quantitative estimate of drug-likeness (QED) is 0.589.